The summed E-state index contributed by atoms with van der Waals surface area (Å²) in [4.78, 5) is 14.0. The number of nitrogens with two attached hydrogens (primary N) is 1. The third-order valence-electron chi connectivity index (χ3n) is 3.11. The van der Waals surface area contributed by atoms with Gasteiger partial charge in [0.15, 0.2) is 0 Å². The van der Waals surface area contributed by atoms with Crippen LogP contribution in [0.1, 0.15) is 29.8 Å². The zero-order valence-electron chi connectivity index (χ0n) is 12.6. The fourth-order valence-corrected chi connectivity index (χ4v) is 3.19. The van der Waals surface area contributed by atoms with Gasteiger partial charge in [-0.25, -0.2) is 8.42 Å². The Kier molecular flexibility index (Phi) is 7.92. The van der Waals surface area contributed by atoms with Crippen molar-refractivity contribution in [2.45, 2.75) is 26.4 Å². The number of hydrogen-bond donors (Lipinski definition) is 1. The molecule has 1 amide bonds. The van der Waals surface area contributed by atoms with E-state index in [1.54, 1.807) is 24.0 Å². The van der Waals surface area contributed by atoms with Crippen LogP contribution in [-0.4, -0.2) is 43.8 Å². The monoisotopic (exact) mass is 334 g/mol. The maximum Gasteiger partial charge on any atom is 0.254 e. The zero-order valence-corrected chi connectivity index (χ0v) is 14.2. The van der Waals surface area contributed by atoms with E-state index in [1.165, 1.54) is 6.26 Å². The SMILES string of the molecule is CCN(C(=O)c1ccc(CN)cc1)C(C)CS(C)(=O)=O.Cl. The van der Waals surface area contributed by atoms with Gasteiger partial charge in [0.25, 0.3) is 5.91 Å². The predicted molar refractivity (Wildman–Crippen MR) is 87.5 cm³/mol. The average molecular weight is 335 g/mol. The van der Waals surface area contributed by atoms with Crippen LogP contribution < -0.4 is 5.73 Å². The van der Waals surface area contributed by atoms with Crippen LogP contribution in [0.3, 0.4) is 0 Å². The molecule has 0 aliphatic rings. The lowest BCUT2D eigenvalue weighted by molar-refractivity contribution is 0.0719. The molecule has 0 spiro atoms. The van der Waals surface area contributed by atoms with Gasteiger partial charge in [-0.2, -0.15) is 0 Å². The average Bonchev–Trinajstić information content (AvgIpc) is 2.37. The molecule has 120 valence electrons. The van der Waals surface area contributed by atoms with Crippen LogP contribution in [0.2, 0.25) is 0 Å². The molecule has 0 saturated heterocycles. The van der Waals surface area contributed by atoms with E-state index in [2.05, 4.69) is 0 Å². The number of amides is 1. The molecule has 0 aromatic heterocycles. The molecule has 0 radical (unpaired) electrons. The summed E-state index contributed by atoms with van der Waals surface area (Å²) in [6.07, 6.45) is 1.18. The van der Waals surface area contributed by atoms with Gasteiger partial charge in [-0.3, -0.25) is 4.79 Å². The molecule has 0 fully saturated rings. The first-order chi connectivity index (χ1) is 9.28. The van der Waals surface area contributed by atoms with Crippen molar-refractivity contribution in [1.29, 1.82) is 0 Å². The van der Waals surface area contributed by atoms with Gasteiger partial charge in [-0.15, -0.1) is 12.4 Å². The molecule has 0 saturated carbocycles. The summed E-state index contributed by atoms with van der Waals surface area (Å²) < 4.78 is 22.7. The molecule has 0 bridgehead atoms. The van der Waals surface area contributed by atoms with E-state index in [0.717, 1.165) is 5.56 Å². The van der Waals surface area contributed by atoms with Gasteiger partial charge in [-0.1, -0.05) is 12.1 Å². The second kappa shape index (κ2) is 8.36. The van der Waals surface area contributed by atoms with E-state index < -0.39 is 9.84 Å². The van der Waals surface area contributed by atoms with Gasteiger partial charge in [0.2, 0.25) is 0 Å². The Morgan fingerprint density at radius 3 is 2.19 bits per heavy atom. The van der Waals surface area contributed by atoms with Gasteiger partial charge in [0, 0.05) is 31.0 Å². The predicted octanol–water partition coefficient (Wildman–Crippen LogP) is 1.46. The molecule has 1 aromatic carbocycles. The lowest BCUT2D eigenvalue weighted by Gasteiger charge is -2.27. The molecule has 0 heterocycles. The minimum atomic E-state index is -3.12. The Labute approximate surface area is 132 Å². The van der Waals surface area contributed by atoms with Crippen LogP contribution in [0.4, 0.5) is 0 Å². The highest BCUT2D eigenvalue weighted by atomic mass is 35.5. The van der Waals surface area contributed by atoms with Crippen LogP contribution in [0.25, 0.3) is 0 Å². The number of halogens is 1. The lowest BCUT2D eigenvalue weighted by Crippen LogP contribution is -2.42. The van der Waals surface area contributed by atoms with Crippen LogP contribution >= 0.6 is 12.4 Å². The first kappa shape index (κ1) is 19.9. The van der Waals surface area contributed by atoms with Gasteiger partial charge in [-0.05, 0) is 31.5 Å². The van der Waals surface area contributed by atoms with Crippen molar-refractivity contribution >= 4 is 28.2 Å². The third-order valence-corrected chi connectivity index (χ3v) is 4.20. The number of hydrogen-bond acceptors (Lipinski definition) is 4. The second-order valence-corrected chi connectivity index (χ2v) is 7.12. The first-order valence-electron chi connectivity index (χ1n) is 6.56. The molecular formula is C14H23ClN2O3S. The second-order valence-electron chi connectivity index (χ2n) is 4.93. The van der Waals surface area contributed by atoms with E-state index in [4.69, 9.17) is 5.73 Å². The number of carbonyl (C=O) groups excluding carboxylic acids is 1. The van der Waals surface area contributed by atoms with Crippen LogP contribution in [0.15, 0.2) is 24.3 Å². The maximum absolute atomic E-state index is 12.4. The molecular weight excluding hydrogens is 312 g/mol. The lowest BCUT2D eigenvalue weighted by atomic mass is 10.1. The quantitative estimate of drug-likeness (QED) is 0.854. The summed E-state index contributed by atoms with van der Waals surface area (Å²) in [5.41, 5.74) is 7.02. The van der Waals surface area contributed by atoms with Crippen molar-refractivity contribution in [2.24, 2.45) is 5.73 Å². The molecule has 1 aromatic rings. The largest absolute Gasteiger partial charge is 0.335 e. The Morgan fingerprint density at radius 1 is 1.29 bits per heavy atom. The highest BCUT2D eigenvalue weighted by Gasteiger charge is 2.22. The number of nitrogens with zero attached hydrogens (tertiary/aromatic N) is 1. The Bertz CT molecular complexity index is 558. The van der Waals surface area contributed by atoms with E-state index in [1.807, 2.05) is 19.1 Å². The first-order valence-corrected chi connectivity index (χ1v) is 8.62. The van der Waals surface area contributed by atoms with Crippen LogP contribution in [0.5, 0.6) is 0 Å². The zero-order chi connectivity index (χ0) is 15.3. The summed E-state index contributed by atoms with van der Waals surface area (Å²) in [5, 5.41) is 0. The molecule has 5 nitrogen and oxygen atoms in total. The van der Waals surface area contributed by atoms with Crippen molar-refractivity contribution in [3.63, 3.8) is 0 Å². The number of rotatable bonds is 6. The van der Waals surface area contributed by atoms with Gasteiger partial charge >= 0.3 is 0 Å². The third kappa shape index (κ3) is 6.03. The van der Waals surface area contributed by atoms with Crippen molar-refractivity contribution in [3.8, 4) is 0 Å². The van der Waals surface area contributed by atoms with Crippen molar-refractivity contribution in [3.05, 3.63) is 35.4 Å². The molecule has 1 atom stereocenters. The maximum atomic E-state index is 12.4. The van der Waals surface area contributed by atoms with Crippen molar-refractivity contribution < 1.29 is 13.2 Å². The topological polar surface area (TPSA) is 80.5 Å². The Hall–Kier alpha value is -1.11. The van der Waals surface area contributed by atoms with Crippen molar-refractivity contribution in [1.82, 2.24) is 4.90 Å². The molecule has 1 rings (SSSR count). The van der Waals surface area contributed by atoms with Crippen LogP contribution in [-0.2, 0) is 16.4 Å². The van der Waals surface area contributed by atoms with Gasteiger partial charge < -0.3 is 10.6 Å². The fraction of sp³-hybridized carbons (Fsp3) is 0.500. The van der Waals surface area contributed by atoms with Gasteiger partial charge in [0.1, 0.15) is 9.84 Å². The van der Waals surface area contributed by atoms with E-state index >= 15 is 0 Å². The molecule has 0 aliphatic heterocycles. The normalized spacial score (nSPS) is 12.4. The van der Waals surface area contributed by atoms with Crippen LogP contribution in [0, 0.1) is 0 Å². The summed E-state index contributed by atoms with van der Waals surface area (Å²) in [6.45, 7) is 4.48. The highest BCUT2D eigenvalue weighted by molar-refractivity contribution is 7.90. The summed E-state index contributed by atoms with van der Waals surface area (Å²) in [6, 6.07) is 6.71. The van der Waals surface area contributed by atoms with E-state index in [9.17, 15) is 13.2 Å². The minimum absolute atomic E-state index is 0. The van der Waals surface area contributed by atoms with E-state index in [-0.39, 0.29) is 30.1 Å². The Balaban J connectivity index is 0.00000400. The molecule has 21 heavy (non-hydrogen) atoms. The number of sulfone groups is 1. The fourth-order valence-electron chi connectivity index (χ4n) is 2.13. The molecule has 2 N–H and O–H groups in total. The van der Waals surface area contributed by atoms with E-state index in [0.29, 0.717) is 18.7 Å². The van der Waals surface area contributed by atoms with Crippen molar-refractivity contribution in [2.75, 3.05) is 18.6 Å². The minimum Gasteiger partial charge on any atom is -0.335 e. The molecule has 7 heteroatoms. The number of benzene rings is 1. The van der Waals surface area contributed by atoms with Gasteiger partial charge in [0.05, 0.1) is 5.75 Å². The summed E-state index contributed by atoms with van der Waals surface area (Å²) >= 11 is 0. The molecule has 1 unspecified atom stereocenters. The highest BCUT2D eigenvalue weighted by Crippen LogP contribution is 2.11. The Morgan fingerprint density at radius 2 is 1.81 bits per heavy atom. The standard InChI is InChI=1S/C14H22N2O3S.ClH/c1-4-16(11(2)10-20(3,18)19)14(17)13-7-5-12(9-15)6-8-13;/h5-8,11H,4,9-10,15H2,1-3H3;1H. The molecule has 0 aliphatic carbocycles. The number of carbonyl (C=O) groups is 1. The smallest absolute Gasteiger partial charge is 0.254 e. The summed E-state index contributed by atoms with van der Waals surface area (Å²) in [7, 11) is -3.12. The summed E-state index contributed by atoms with van der Waals surface area (Å²) in [5.74, 6) is -0.194.